The van der Waals surface area contributed by atoms with Crippen molar-refractivity contribution in [1.29, 1.82) is 0 Å². The molecule has 1 fully saturated rings. The van der Waals surface area contributed by atoms with Crippen LogP contribution in [0.2, 0.25) is 0 Å². The van der Waals surface area contributed by atoms with Crippen molar-refractivity contribution in [2.24, 2.45) is 5.92 Å². The molecule has 1 heterocycles. The van der Waals surface area contributed by atoms with Gasteiger partial charge in [0.15, 0.2) is 0 Å². The van der Waals surface area contributed by atoms with Crippen LogP contribution in [0.4, 0.5) is 0 Å². The molecule has 2 unspecified atom stereocenters. The number of nitrogens with zero attached hydrogens (tertiary/aromatic N) is 1. The molecule has 1 amide bonds. The molecule has 1 aliphatic heterocycles. The predicted molar refractivity (Wildman–Crippen MR) is 82.5 cm³/mol. The van der Waals surface area contributed by atoms with Gasteiger partial charge in [0.05, 0.1) is 5.41 Å². The molecule has 0 aromatic heterocycles. The van der Waals surface area contributed by atoms with Gasteiger partial charge in [0, 0.05) is 17.9 Å². The van der Waals surface area contributed by atoms with E-state index in [1.165, 1.54) is 0 Å². The minimum absolute atomic E-state index is 0.232. The zero-order valence-corrected chi connectivity index (χ0v) is 13.5. The Bertz CT molecular complexity index is 443. The van der Waals surface area contributed by atoms with Crippen molar-refractivity contribution < 1.29 is 4.79 Å². The Balaban J connectivity index is 2.15. The van der Waals surface area contributed by atoms with Gasteiger partial charge < -0.3 is 4.90 Å². The fraction of sp³-hybridized carbons (Fsp3) is 0.562. The molecule has 0 N–H and O–H groups in total. The first kappa shape index (κ1) is 14.6. The lowest BCUT2D eigenvalue weighted by Gasteiger charge is -2.38. The molecule has 1 aromatic carbocycles. The third-order valence-electron chi connectivity index (χ3n) is 4.18. The smallest absolute Gasteiger partial charge is 0.232 e. The standard InChI is InChI=1S/C16H22BrNO/c1-12-9-10-18(11-14(12)17)15(19)16(2,3)13-7-5-4-6-8-13/h4-8,12,14H,9-11H2,1-3H3. The minimum Gasteiger partial charge on any atom is -0.341 e. The Morgan fingerprint density at radius 1 is 1.32 bits per heavy atom. The molecule has 2 nitrogen and oxygen atoms in total. The molecule has 1 aromatic rings. The summed E-state index contributed by atoms with van der Waals surface area (Å²) in [7, 11) is 0. The van der Waals surface area contributed by atoms with Crippen molar-refractivity contribution in [3.8, 4) is 0 Å². The summed E-state index contributed by atoms with van der Waals surface area (Å²) in [6, 6.07) is 10.1. The van der Waals surface area contributed by atoms with E-state index < -0.39 is 5.41 Å². The molecular weight excluding hydrogens is 302 g/mol. The summed E-state index contributed by atoms with van der Waals surface area (Å²) in [6.45, 7) is 7.97. The number of hydrogen-bond acceptors (Lipinski definition) is 1. The maximum absolute atomic E-state index is 12.8. The second-order valence-corrected chi connectivity index (χ2v) is 7.20. The Hall–Kier alpha value is -0.830. The first-order chi connectivity index (χ1) is 8.93. The molecule has 1 aliphatic rings. The quantitative estimate of drug-likeness (QED) is 0.761. The molecule has 0 spiro atoms. The fourth-order valence-electron chi connectivity index (χ4n) is 2.58. The number of hydrogen-bond donors (Lipinski definition) is 0. The van der Waals surface area contributed by atoms with Crippen LogP contribution in [0.5, 0.6) is 0 Å². The summed E-state index contributed by atoms with van der Waals surface area (Å²) in [5, 5.41) is 0. The van der Waals surface area contributed by atoms with Crippen molar-refractivity contribution >= 4 is 21.8 Å². The van der Waals surface area contributed by atoms with Gasteiger partial charge in [0.1, 0.15) is 0 Å². The number of alkyl halides is 1. The van der Waals surface area contributed by atoms with Gasteiger partial charge in [-0.05, 0) is 31.7 Å². The number of rotatable bonds is 2. The molecule has 19 heavy (non-hydrogen) atoms. The summed E-state index contributed by atoms with van der Waals surface area (Å²) >= 11 is 3.69. The van der Waals surface area contributed by atoms with Crippen molar-refractivity contribution in [3.05, 3.63) is 35.9 Å². The third kappa shape index (κ3) is 3.02. The first-order valence-electron chi connectivity index (χ1n) is 6.92. The van der Waals surface area contributed by atoms with E-state index in [0.717, 1.165) is 25.1 Å². The lowest BCUT2D eigenvalue weighted by molar-refractivity contribution is -0.137. The van der Waals surface area contributed by atoms with Gasteiger partial charge in [0.2, 0.25) is 5.91 Å². The van der Waals surface area contributed by atoms with Crippen molar-refractivity contribution in [2.45, 2.75) is 37.4 Å². The first-order valence-corrected chi connectivity index (χ1v) is 7.83. The van der Waals surface area contributed by atoms with E-state index in [9.17, 15) is 4.79 Å². The maximum atomic E-state index is 12.8. The third-order valence-corrected chi connectivity index (χ3v) is 5.38. The van der Waals surface area contributed by atoms with Crippen LogP contribution in [0.15, 0.2) is 30.3 Å². The Kier molecular flexibility index (Phi) is 4.34. The van der Waals surface area contributed by atoms with E-state index in [-0.39, 0.29) is 5.91 Å². The number of amides is 1. The Labute approximate surface area is 124 Å². The highest BCUT2D eigenvalue weighted by Gasteiger charge is 2.36. The average molecular weight is 324 g/mol. The van der Waals surface area contributed by atoms with Crippen LogP contribution >= 0.6 is 15.9 Å². The Morgan fingerprint density at radius 3 is 2.53 bits per heavy atom. The highest BCUT2D eigenvalue weighted by atomic mass is 79.9. The number of halogens is 1. The monoisotopic (exact) mass is 323 g/mol. The van der Waals surface area contributed by atoms with E-state index in [1.807, 2.05) is 49.1 Å². The van der Waals surface area contributed by atoms with Crippen LogP contribution in [0.1, 0.15) is 32.8 Å². The summed E-state index contributed by atoms with van der Waals surface area (Å²) in [4.78, 5) is 15.2. The number of likely N-dealkylation sites (tertiary alicyclic amines) is 1. The molecule has 3 heteroatoms. The van der Waals surface area contributed by atoms with Crippen LogP contribution in [0.3, 0.4) is 0 Å². The van der Waals surface area contributed by atoms with E-state index in [1.54, 1.807) is 0 Å². The maximum Gasteiger partial charge on any atom is 0.232 e. The van der Waals surface area contributed by atoms with E-state index in [4.69, 9.17) is 0 Å². The number of piperidine rings is 1. The summed E-state index contributed by atoms with van der Waals surface area (Å²) < 4.78 is 0. The number of carbonyl (C=O) groups excluding carboxylic acids is 1. The molecule has 0 bridgehead atoms. The summed E-state index contributed by atoms with van der Waals surface area (Å²) in [6.07, 6.45) is 1.08. The van der Waals surface area contributed by atoms with Crippen LogP contribution in [-0.4, -0.2) is 28.7 Å². The van der Waals surface area contributed by atoms with Gasteiger partial charge in [0.25, 0.3) is 0 Å². The zero-order valence-electron chi connectivity index (χ0n) is 11.9. The van der Waals surface area contributed by atoms with Crippen molar-refractivity contribution in [1.82, 2.24) is 4.90 Å². The average Bonchev–Trinajstić information content (AvgIpc) is 2.42. The normalized spacial score (nSPS) is 24.3. The minimum atomic E-state index is -0.450. The molecule has 104 valence electrons. The van der Waals surface area contributed by atoms with Crippen molar-refractivity contribution in [2.75, 3.05) is 13.1 Å². The molecule has 2 atom stereocenters. The Morgan fingerprint density at radius 2 is 1.95 bits per heavy atom. The molecule has 1 saturated heterocycles. The topological polar surface area (TPSA) is 20.3 Å². The highest BCUT2D eigenvalue weighted by Crippen LogP contribution is 2.30. The van der Waals surface area contributed by atoms with E-state index in [2.05, 4.69) is 22.9 Å². The van der Waals surface area contributed by atoms with Crippen LogP contribution < -0.4 is 0 Å². The summed E-state index contributed by atoms with van der Waals surface area (Å²) in [5.74, 6) is 0.874. The predicted octanol–water partition coefficient (Wildman–Crippen LogP) is 3.60. The van der Waals surface area contributed by atoms with Gasteiger partial charge in [-0.2, -0.15) is 0 Å². The van der Waals surface area contributed by atoms with E-state index >= 15 is 0 Å². The lowest BCUT2D eigenvalue weighted by atomic mass is 9.82. The number of carbonyl (C=O) groups is 1. The van der Waals surface area contributed by atoms with Gasteiger partial charge >= 0.3 is 0 Å². The summed E-state index contributed by atoms with van der Waals surface area (Å²) in [5.41, 5.74) is 0.638. The van der Waals surface area contributed by atoms with Crippen molar-refractivity contribution in [3.63, 3.8) is 0 Å². The van der Waals surface area contributed by atoms with Crippen LogP contribution in [0.25, 0.3) is 0 Å². The molecule has 0 radical (unpaired) electrons. The van der Waals surface area contributed by atoms with Gasteiger partial charge in [-0.15, -0.1) is 0 Å². The molecular formula is C16H22BrNO. The van der Waals surface area contributed by atoms with Gasteiger partial charge in [-0.1, -0.05) is 53.2 Å². The van der Waals surface area contributed by atoms with Gasteiger partial charge in [-0.25, -0.2) is 0 Å². The SMILES string of the molecule is CC1CCN(C(=O)C(C)(C)c2ccccc2)CC1Br. The molecule has 0 saturated carbocycles. The zero-order chi connectivity index (χ0) is 14.0. The molecule has 0 aliphatic carbocycles. The largest absolute Gasteiger partial charge is 0.341 e. The highest BCUT2D eigenvalue weighted by molar-refractivity contribution is 9.09. The second-order valence-electron chi connectivity index (χ2n) is 6.02. The van der Waals surface area contributed by atoms with Gasteiger partial charge in [-0.3, -0.25) is 4.79 Å². The lowest BCUT2D eigenvalue weighted by Crippen LogP contribution is -2.50. The second kappa shape index (κ2) is 5.66. The molecule has 2 rings (SSSR count). The van der Waals surface area contributed by atoms with E-state index in [0.29, 0.717) is 10.7 Å². The van der Waals surface area contributed by atoms with Crippen LogP contribution in [-0.2, 0) is 10.2 Å². The fourth-order valence-corrected chi connectivity index (χ4v) is 3.19. The number of benzene rings is 1. The van der Waals surface area contributed by atoms with Crippen LogP contribution in [0, 0.1) is 5.92 Å².